The van der Waals surface area contributed by atoms with Crippen LogP contribution >= 0.6 is 0 Å². The number of aliphatic hydroxyl groups is 3. The third-order valence-corrected chi connectivity index (χ3v) is 3.55. The topological polar surface area (TPSA) is 134 Å². The van der Waals surface area contributed by atoms with E-state index in [2.05, 4.69) is 5.32 Å². The fourth-order valence-corrected chi connectivity index (χ4v) is 2.24. The van der Waals surface area contributed by atoms with E-state index in [0.717, 1.165) is 0 Å². The smallest absolute Gasteiger partial charge is 0.296 e. The van der Waals surface area contributed by atoms with Crippen molar-refractivity contribution >= 4 is 11.4 Å². The number of nitrogens with zero attached hydrogens (tertiary/aromatic N) is 1. The van der Waals surface area contributed by atoms with Gasteiger partial charge in [-0.15, -0.1) is 0 Å². The maximum Gasteiger partial charge on any atom is 0.296 e. The van der Waals surface area contributed by atoms with E-state index in [1.807, 2.05) is 0 Å². The first-order valence-electron chi connectivity index (χ1n) is 6.63. The number of hydrogen-bond acceptors (Lipinski definition) is 8. The minimum Gasteiger partial charge on any atom is -0.496 e. The fourth-order valence-electron chi connectivity index (χ4n) is 2.24. The van der Waals surface area contributed by atoms with Gasteiger partial charge in [0, 0.05) is 0 Å². The van der Waals surface area contributed by atoms with E-state index in [4.69, 9.17) is 9.47 Å². The van der Waals surface area contributed by atoms with Crippen molar-refractivity contribution in [1.82, 2.24) is 0 Å². The average molecular weight is 314 g/mol. The summed E-state index contributed by atoms with van der Waals surface area (Å²) < 4.78 is 10.3. The molecule has 0 amide bonds. The van der Waals surface area contributed by atoms with Gasteiger partial charge in [-0.3, -0.25) is 10.1 Å². The van der Waals surface area contributed by atoms with E-state index >= 15 is 0 Å². The van der Waals surface area contributed by atoms with Crippen LogP contribution in [0.4, 0.5) is 11.4 Å². The zero-order chi connectivity index (χ0) is 16.4. The van der Waals surface area contributed by atoms with Gasteiger partial charge in [-0.2, -0.15) is 0 Å². The van der Waals surface area contributed by atoms with Gasteiger partial charge in [0.1, 0.15) is 29.7 Å². The normalized spacial score (nSPS) is 31.6. The summed E-state index contributed by atoms with van der Waals surface area (Å²) in [4.78, 5) is 10.5. The van der Waals surface area contributed by atoms with Crippen molar-refractivity contribution in [2.75, 3.05) is 12.4 Å². The summed E-state index contributed by atoms with van der Waals surface area (Å²) in [5.41, 5.74) is -0.158. The van der Waals surface area contributed by atoms with E-state index in [9.17, 15) is 25.4 Å². The van der Waals surface area contributed by atoms with E-state index < -0.39 is 35.6 Å². The Kier molecular flexibility index (Phi) is 4.81. The Bertz CT molecular complexity index is 553. The molecule has 1 aliphatic heterocycles. The summed E-state index contributed by atoms with van der Waals surface area (Å²) in [6.45, 7) is 1.52. The van der Waals surface area contributed by atoms with Crippen LogP contribution in [-0.4, -0.2) is 58.0 Å². The first-order valence-corrected chi connectivity index (χ1v) is 6.63. The summed E-state index contributed by atoms with van der Waals surface area (Å²) >= 11 is 0. The van der Waals surface area contributed by atoms with Crippen molar-refractivity contribution in [3.8, 4) is 5.75 Å². The Morgan fingerprint density at radius 1 is 1.27 bits per heavy atom. The quantitative estimate of drug-likeness (QED) is 0.445. The molecule has 1 aliphatic rings. The Labute approximate surface area is 126 Å². The number of nitro groups is 1. The predicted octanol–water partition coefficient (Wildman–Crippen LogP) is -0.157. The van der Waals surface area contributed by atoms with Crippen molar-refractivity contribution in [1.29, 1.82) is 0 Å². The monoisotopic (exact) mass is 314 g/mol. The molecule has 1 fully saturated rings. The summed E-state index contributed by atoms with van der Waals surface area (Å²) in [5.74, 6) is 0.311. The Morgan fingerprint density at radius 2 is 1.95 bits per heavy atom. The zero-order valence-electron chi connectivity index (χ0n) is 12.0. The van der Waals surface area contributed by atoms with Crippen LogP contribution in [0, 0.1) is 10.1 Å². The molecule has 0 aliphatic carbocycles. The van der Waals surface area contributed by atoms with Crippen molar-refractivity contribution < 1.29 is 29.7 Å². The largest absolute Gasteiger partial charge is 0.496 e. The van der Waals surface area contributed by atoms with Gasteiger partial charge >= 0.3 is 0 Å². The maximum atomic E-state index is 11.1. The van der Waals surface area contributed by atoms with Crippen molar-refractivity contribution in [3.05, 3.63) is 28.3 Å². The van der Waals surface area contributed by atoms with Crippen LogP contribution in [0.25, 0.3) is 0 Å². The van der Waals surface area contributed by atoms with E-state index in [1.54, 1.807) is 0 Å². The lowest BCUT2D eigenvalue weighted by molar-refractivity contribution is -0.384. The maximum absolute atomic E-state index is 11.1. The molecule has 0 saturated carbocycles. The molecule has 0 spiro atoms. The average Bonchev–Trinajstić information content (AvgIpc) is 2.50. The van der Waals surface area contributed by atoms with Gasteiger partial charge in [0.15, 0.2) is 6.23 Å². The standard InChI is InChI=1S/C13H18N2O7/c1-6-10(16)11(17)12(18)13(22-6)14-8-4-3-7(21-2)5-9(8)15(19)20/h3-6,10-14,16-18H,1-2H3/t6-,10+,11+,12+,13-/m1/s1. The van der Waals surface area contributed by atoms with Crippen molar-refractivity contribution in [2.24, 2.45) is 0 Å². The van der Waals surface area contributed by atoms with Gasteiger partial charge in [-0.05, 0) is 19.1 Å². The number of methoxy groups -OCH3 is 1. The van der Waals surface area contributed by atoms with E-state index in [-0.39, 0.29) is 11.4 Å². The minimum atomic E-state index is -1.44. The number of benzene rings is 1. The van der Waals surface area contributed by atoms with Crippen LogP contribution in [0.2, 0.25) is 0 Å². The highest BCUT2D eigenvalue weighted by Gasteiger charge is 2.42. The molecule has 9 heteroatoms. The summed E-state index contributed by atoms with van der Waals surface area (Å²) in [5, 5.41) is 43.1. The van der Waals surface area contributed by atoms with Crippen LogP contribution in [-0.2, 0) is 4.74 Å². The lowest BCUT2D eigenvalue weighted by Crippen LogP contribution is -2.58. The molecule has 1 aromatic carbocycles. The molecule has 4 N–H and O–H groups in total. The SMILES string of the molecule is COc1ccc(N[C@@H]2O[C@H](C)[C@H](O)[C@H](O)[C@@H]2O)c([N+](=O)[O-])c1. The second kappa shape index (κ2) is 6.44. The van der Waals surface area contributed by atoms with Crippen LogP contribution in [0.3, 0.4) is 0 Å². The number of ether oxygens (including phenoxy) is 2. The molecule has 122 valence electrons. The zero-order valence-corrected chi connectivity index (χ0v) is 12.0. The molecule has 9 nitrogen and oxygen atoms in total. The molecule has 22 heavy (non-hydrogen) atoms. The third-order valence-electron chi connectivity index (χ3n) is 3.55. The van der Waals surface area contributed by atoms with E-state index in [0.29, 0.717) is 5.75 Å². The number of nitro benzene ring substituents is 1. The number of nitrogens with one attached hydrogen (secondary N) is 1. The highest BCUT2D eigenvalue weighted by Crippen LogP contribution is 2.31. The summed E-state index contributed by atoms with van der Waals surface area (Å²) in [7, 11) is 1.39. The van der Waals surface area contributed by atoms with Crippen LogP contribution in [0.15, 0.2) is 18.2 Å². The first kappa shape index (κ1) is 16.4. The Morgan fingerprint density at radius 3 is 2.55 bits per heavy atom. The van der Waals surface area contributed by atoms with E-state index in [1.165, 1.54) is 32.2 Å². The lowest BCUT2D eigenvalue weighted by Gasteiger charge is -2.39. The second-order valence-corrected chi connectivity index (χ2v) is 5.02. The molecule has 0 aromatic heterocycles. The molecule has 0 bridgehead atoms. The molecule has 1 heterocycles. The number of rotatable bonds is 4. The molecule has 0 radical (unpaired) electrons. The summed E-state index contributed by atoms with van der Waals surface area (Å²) in [6, 6.07) is 4.15. The molecule has 1 aromatic rings. The van der Waals surface area contributed by atoms with Gasteiger partial charge < -0.3 is 30.1 Å². The van der Waals surface area contributed by atoms with Crippen LogP contribution in [0.5, 0.6) is 5.75 Å². The Hall–Kier alpha value is -1.94. The highest BCUT2D eigenvalue weighted by atomic mass is 16.6. The first-order chi connectivity index (χ1) is 10.3. The second-order valence-electron chi connectivity index (χ2n) is 5.02. The third kappa shape index (κ3) is 3.12. The Balaban J connectivity index is 2.24. The number of aliphatic hydroxyl groups excluding tert-OH is 3. The van der Waals surface area contributed by atoms with Crippen LogP contribution < -0.4 is 10.1 Å². The summed E-state index contributed by atoms with van der Waals surface area (Å²) in [6.07, 6.45) is -5.93. The molecular weight excluding hydrogens is 296 g/mol. The van der Waals surface area contributed by atoms with Gasteiger partial charge in [-0.25, -0.2) is 0 Å². The lowest BCUT2D eigenvalue weighted by atomic mass is 9.99. The molecule has 2 rings (SSSR count). The molecule has 5 atom stereocenters. The van der Waals surface area contributed by atoms with Gasteiger partial charge in [-0.1, -0.05) is 0 Å². The predicted molar refractivity (Wildman–Crippen MR) is 75.6 cm³/mol. The number of anilines is 1. The van der Waals surface area contributed by atoms with Crippen molar-refractivity contribution in [3.63, 3.8) is 0 Å². The number of hydrogen-bond donors (Lipinski definition) is 4. The van der Waals surface area contributed by atoms with Crippen molar-refractivity contribution in [2.45, 2.75) is 37.6 Å². The van der Waals surface area contributed by atoms with Gasteiger partial charge in [0.25, 0.3) is 5.69 Å². The van der Waals surface area contributed by atoms with Gasteiger partial charge in [0.05, 0.1) is 24.2 Å². The molecule has 1 saturated heterocycles. The molecular formula is C13H18N2O7. The van der Waals surface area contributed by atoms with Crippen LogP contribution in [0.1, 0.15) is 6.92 Å². The highest BCUT2D eigenvalue weighted by molar-refractivity contribution is 5.64. The fraction of sp³-hybridized carbons (Fsp3) is 0.538. The molecule has 0 unspecified atom stereocenters. The minimum absolute atomic E-state index is 0.102. The van der Waals surface area contributed by atoms with Gasteiger partial charge in [0.2, 0.25) is 0 Å².